The van der Waals surface area contributed by atoms with Gasteiger partial charge in [0.1, 0.15) is 11.5 Å². The highest BCUT2D eigenvalue weighted by Crippen LogP contribution is 2.31. The summed E-state index contributed by atoms with van der Waals surface area (Å²) in [5, 5.41) is 0. The van der Waals surface area contributed by atoms with Crippen molar-refractivity contribution in [3.63, 3.8) is 0 Å². The summed E-state index contributed by atoms with van der Waals surface area (Å²) >= 11 is 0. The SMILES string of the molecule is COCc1cc(CC(C)(C)N)c(OC)cc1OC. The van der Waals surface area contributed by atoms with E-state index in [9.17, 15) is 0 Å². The van der Waals surface area contributed by atoms with E-state index in [1.54, 1.807) is 21.3 Å². The molecule has 0 spiro atoms. The van der Waals surface area contributed by atoms with E-state index in [0.29, 0.717) is 6.61 Å². The summed E-state index contributed by atoms with van der Waals surface area (Å²) in [5.41, 5.74) is 7.85. The quantitative estimate of drug-likeness (QED) is 0.844. The molecule has 0 aliphatic heterocycles. The maximum Gasteiger partial charge on any atom is 0.128 e. The zero-order valence-corrected chi connectivity index (χ0v) is 11.9. The second kappa shape index (κ2) is 6.07. The molecule has 0 bridgehead atoms. The van der Waals surface area contributed by atoms with Gasteiger partial charge in [0, 0.05) is 24.3 Å². The van der Waals surface area contributed by atoms with Gasteiger partial charge in [-0.2, -0.15) is 0 Å². The van der Waals surface area contributed by atoms with Crippen molar-refractivity contribution < 1.29 is 14.2 Å². The first-order valence-electron chi connectivity index (χ1n) is 5.93. The molecule has 102 valence electrons. The number of benzene rings is 1. The average Bonchev–Trinajstić information content (AvgIpc) is 2.28. The van der Waals surface area contributed by atoms with Crippen LogP contribution in [0.1, 0.15) is 25.0 Å². The minimum atomic E-state index is -0.286. The van der Waals surface area contributed by atoms with Crippen molar-refractivity contribution >= 4 is 0 Å². The summed E-state index contributed by atoms with van der Waals surface area (Å²) in [7, 11) is 4.95. The molecule has 0 aliphatic rings. The lowest BCUT2D eigenvalue weighted by Crippen LogP contribution is -2.34. The number of rotatable bonds is 6. The molecule has 1 aromatic rings. The molecule has 4 heteroatoms. The number of nitrogens with two attached hydrogens (primary N) is 1. The van der Waals surface area contributed by atoms with Crippen molar-refractivity contribution in [1.29, 1.82) is 0 Å². The first-order valence-corrected chi connectivity index (χ1v) is 5.93. The van der Waals surface area contributed by atoms with Crippen LogP contribution in [0.25, 0.3) is 0 Å². The van der Waals surface area contributed by atoms with Crippen LogP contribution in [0.4, 0.5) is 0 Å². The zero-order chi connectivity index (χ0) is 13.8. The van der Waals surface area contributed by atoms with Gasteiger partial charge in [-0.25, -0.2) is 0 Å². The van der Waals surface area contributed by atoms with Crippen LogP contribution >= 0.6 is 0 Å². The van der Waals surface area contributed by atoms with E-state index in [0.717, 1.165) is 29.0 Å². The van der Waals surface area contributed by atoms with Crippen molar-refractivity contribution in [2.24, 2.45) is 5.73 Å². The number of hydrogen-bond donors (Lipinski definition) is 1. The lowest BCUT2D eigenvalue weighted by Gasteiger charge is -2.21. The topological polar surface area (TPSA) is 53.7 Å². The molecule has 1 rings (SSSR count). The largest absolute Gasteiger partial charge is 0.496 e. The molecule has 0 aromatic heterocycles. The molecule has 4 nitrogen and oxygen atoms in total. The molecular formula is C14H23NO3. The Morgan fingerprint density at radius 2 is 1.56 bits per heavy atom. The lowest BCUT2D eigenvalue weighted by molar-refractivity contribution is 0.181. The summed E-state index contributed by atoms with van der Waals surface area (Å²) in [4.78, 5) is 0. The van der Waals surface area contributed by atoms with Crippen molar-refractivity contribution in [2.45, 2.75) is 32.4 Å². The van der Waals surface area contributed by atoms with Crippen LogP contribution in [0, 0.1) is 0 Å². The zero-order valence-electron chi connectivity index (χ0n) is 11.9. The Hall–Kier alpha value is -1.26. The third-order valence-corrected chi connectivity index (χ3v) is 2.63. The highest BCUT2D eigenvalue weighted by molar-refractivity contribution is 5.47. The van der Waals surface area contributed by atoms with E-state index in [-0.39, 0.29) is 5.54 Å². The molecule has 0 saturated carbocycles. The van der Waals surface area contributed by atoms with Gasteiger partial charge >= 0.3 is 0 Å². The van der Waals surface area contributed by atoms with Crippen LogP contribution in [-0.2, 0) is 17.8 Å². The molecule has 0 saturated heterocycles. The number of methoxy groups -OCH3 is 3. The van der Waals surface area contributed by atoms with Crippen LogP contribution in [0.15, 0.2) is 12.1 Å². The monoisotopic (exact) mass is 253 g/mol. The van der Waals surface area contributed by atoms with Gasteiger partial charge in [0.2, 0.25) is 0 Å². The number of ether oxygens (including phenoxy) is 3. The molecule has 0 amide bonds. The van der Waals surface area contributed by atoms with Crippen molar-refractivity contribution in [3.05, 3.63) is 23.3 Å². The summed E-state index contributed by atoms with van der Waals surface area (Å²) in [6.07, 6.45) is 0.733. The molecule has 0 radical (unpaired) electrons. The highest BCUT2D eigenvalue weighted by atomic mass is 16.5. The fourth-order valence-corrected chi connectivity index (χ4v) is 1.93. The van der Waals surface area contributed by atoms with Crippen molar-refractivity contribution in [3.8, 4) is 11.5 Å². The number of hydrogen-bond acceptors (Lipinski definition) is 4. The summed E-state index contributed by atoms with van der Waals surface area (Å²) in [6.45, 7) is 4.49. The third kappa shape index (κ3) is 3.89. The molecule has 0 fully saturated rings. The first-order chi connectivity index (χ1) is 8.41. The fraction of sp³-hybridized carbons (Fsp3) is 0.571. The predicted octanol–water partition coefficient (Wildman–Crippen LogP) is 2.13. The Morgan fingerprint density at radius 3 is 2.00 bits per heavy atom. The molecule has 1 aromatic carbocycles. The van der Waals surface area contributed by atoms with Crippen molar-refractivity contribution in [1.82, 2.24) is 0 Å². The van der Waals surface area contributed by atoms with E-state index < -0.39 is 0 Å². The Labute approximate surface area is 109 Å². The van der Waals surface area contributed by atoms with Gasteiger partial charge < -0.3 is 19.9 Å². The van der Waals surface area contributed by atoms with Crippen molar-refractivity contribution in [2.75, 3.05) is 21.3 Å². The highest BCUT2D eigenvalue weighted by Gasteiger charge is 2.17. The normalized spacial score (nSPS) is 11.4. The molecular weight excluding hydrogens is 230 g/mol. The minimum Gasteiger partial charge on any atom is -0.496 e. The van der Waals surface area contributed by atoms with Gasteiger partial charge in [0.05, 0.1) is 20.8 Å². The third-order valence-electron chi connectivity index (χ3n) is 2.63. The lowest BCUT2D eigenvalue weighted by atomic mass is 9.94. The van der Waals surface area contributed by atoms with Crippen LogP contribution < -0.4 is 15.2 Å². The Kier molecular flexibility index (Phi) is 4.99. The van der Waals surface area contributed by atoms with Crippen LogP contribution in [0.2, 0.25) is 0 Å². The van der Waals surface area contributed by atoms with E-state index >= 15 is 0 Å². The summed E-state index contributed by atoms with van der Waals surface area (Å²) < 4.78 is 15.9. The maximum absolute atomic E-state index is 6.07. The maximum atomic E-state index is 6.07. The van der Waals surface area contributed by atoms with Crippen LogP contribution in [0.5, 0.6) is 11.5 Å². The standard InChI is InChI=1S/C14H23NO3/c1-14(2,15)8-10-6-11(9-16-3)13(18-5)7-12(10)17-4/h6-7H,8-9,15H2,1-5H3. The minimum absolute atomic E-state index is 0.286. The smallest absolute Gasteiger partial charge is 0.128 e. The average molecular weight is 253 g/mol. The van der Waals surface area contributed by atoms with Crippen LogP contribution in [0.3, 0.4) is 0 Å². The molecule has 0 aliphatic carbocycles. The predicted molar refractivity (Wildman–Crippen MR) is 72.2 cm³/mol. The summed E-state index contributed by atoms with van der Waals surface area (Å²) in [5.74, 6) is 1.57. The van der Waals surface area contributed by atoms with E-state index in [1.807, 2.05) is 26.0 Å². The fourth-order valence-electron chi connectivity index (χ4n) is 1.93. The molecule has 0 atom stereocenters. The molecule has 0 heterocycles. The van der Waals surface area contributed by atoms with Gasteiger partial charge in [0.25, 0.3) is 0 Å². The van der Waals surface area contributed by atoms with E-state index in [4.69, 9.17) is 19.9 Å². The first kappa shape index (κ1) is 14.8. The van der Waals surface area contributed by atoms with E-state index in [2.05, 4.69) is 0 Å². The van der Waals surface area contributed by atoms with Gasteiger partial charge in [0.15, 0.2) is 0 Å². The second-order valence-corrected chi connectivity index (χ2v) is 5.07. The Morgan fingerprint density at radius 1 is 1.00 bits per heavy atom. The molecule has 18 heavy (non-hydrogen) atoms. The van der Waals surface area contributed by atoms with Gasteiger partial charge in [-0.15, -0.1) is 0 Å². The Bertz CT molecular complexity index is 397. The van der Waals surface area contributed by atoms with Gasteiger partial charge in [-0.3, -0.25) is 0 Å². The van der Waals surface area contributed by atoms with Crippen LogP contribution in [-0.4, -0.2) is 26.9 Å². The second-order valence-electron chi connectivity index (χ2n) is 5.07. The molecule has 0 unspecified atom stereocenters. The Balaban J connectivity index is 3.18. The van der Waals surface area contributed by atoms with E-state index in [1.165, 1.54) is 0 Å². The van der Waals surface area contributed by atoms with Gasteiger partial charge in [-0.05, 0) is 31.9 Å². The van der Waals surface area contributed by atoms with Gasteiger partial charge in [-0.1, -0.05) is 0 Å². The molecule has 2 N–H and O–H groups in total. The summed E-state index contributed by atoms with van der Waals surface area (Å²) in [6, 6.07) is 3.92.